The lowest BCUT2D eigenvalue weighted by atomic mass is 9.91. The van der Waals surface area contributed by atoms with E-state index in [0.717, 1.165) is 18.0 Å². The second-order valence-corrected chi connectivity index (χ2v) is 7.77. The van der Waals surface area contributed by atoms with E-state index >= 15 is 0 Å². The van der Waals surface area contributed by atoms with Gasteiger partial charge in [-0.1, -0.05) is 52.8 Å². The molecule has 1 heterocycles. The van der Waals surface area contributed by atoms with Gasteiger partial charge in [0, 0.05) is 23.3 Å². The molecule has 5 heteroatoms. The Labute approximate surface area is 132 Å². The van der Waals surface area contributed by atoms with Crippen LogP contribution in [0.15, 0.2) is 11.4 Å². The van der Waals surface area contributed by atoms with E-state index in [1.165, 1.54) is 17.5 Å². The quantitative estimate of drug-likeness (QED) is 0.760. The minimum absolute atomic E-state index is 0.00124. The first-order chi connectivity index (χ1) is 9.66. The molecule has 0 aromatic carbocycles. The Balaban J connectivity index is 3.10. The van der Waals surface area contributed by atoms with Gasteiger partial charge in [-0.3, -0.25) is 4.79 Å². The number of hydrogen-bond acceptors (Lipinski definition) is 3. The van der Waals surface area contributed by atoms with Crippen LogP contribution < -0.4 is 0 Å². The summed E-state index contributed by atoms with van der Waals surface area (Å²) in [5, 5.41) is 9.71. The van der Waals surface area contributed by atoms with Crippen molar-refractivity contribution < 1.29 is 9.90 Å². The van der Waals surface area contributed by atoms with Crippen molar-refractivity contribution in [1.29, 1.82) is 0 Å². The van der Waals surface area contributed by atoms with Crippen LogP contribution in [0.25, 0.3) is 0 Å². The second-order valence-electron chi connectivity index (χ2n) is 6.83. The van der Waals surface area contributed by atoms with Gasteiger partial charge in [0.1, 0.15) is 0 Å². The number of thioether (sulfide) groups is 1. The number of imidazole rings is 1. The fraction of sp³-hybridized carbons (Fsp3) is 0.750. The molecule has 0 amide bonds. The number of carboxylic acid groups (broad SMARTS) is 1. The van der Waals surface area contributed by atoms with Gasteiger partial charge in [-0.25, -0.2) is 4.98 Å². The van der Waals surface area contributed by atoms with Crippen LogP contribution in [0.2, 0.25) is 0 Å². The lowest BCUT2D eigenvalue weighted by molar-refractivity contribution is -0.133. The van der Waals surface area contributed by atoms with Crippen molar-refractivity contribution in [2.75, 3.05) is 5.75 Å². The molecule has 4 nitrogen and oxygen atoms in total. The van der Waals surface area contributed by atoms with Crippen molar-refractivity contribution in [1.82, 2.24) is 9.55 Å². The number of carbonyl (C=O) groups is 1. The van der Waals surface area contributed by atoms with Crippen LogP contribution in [-0.2, 0) is 10.2 Å². The van der Waals surface area contributed by atoms with Gasteiger partial charge in [0.05, 0.1) is 5.75 Å². The molecule has 1 N–H and O–H groups in total. The summed E-state index contributed by atoms with van der Waals surface area (Å²) in [7, 11) is 0. The van der Waals surface area contributed by atoms with E-state index in [0.29, 0.717) is 12.0 Å². The Morgan fingerprint density at radius 1 is 1.43 bits per heavy atom. The highest BCUT2D eigenvalue weighted by Crippen LogP contribution is 2.33. The van der Waals surface area contributed by atoms with E-state index in [-0.39, 0.29) is 11.2 Å². The first-order valence-corrected chi connectivity index (χ1v) is 8.57. The summed E-state index contributed by atoms with van der Waals surface area (Å²) in [5.41, 5.74) is 1.17. The van der Waals surface area contributed by atoms with Gasteiger partial charge in [0.15, 0.2) is 5.16 Å². The Bertz CT molecular complexity index is 477. The van der Waals surface area contributed by atoms with Crippen LogP contribution in [0.5, 0.6) is 0 Å². The number of aromatic nitrogens is 2. The molecule has 2 unspecified atom stereocenters. The normalized spacial score (nSPS) is 15.0. The molecule has 2 atom stereocenters. The third-order valence-electron chi connectivity index (χ3n) is 3.74. The van der Waals surface area contributed by atoms with Crippen molar-refractivity contribution >= 4 is 17.7 Å². The molecule has 0 spiro atoms. The van der Waals surface area contributed by atoms with Crippen LogP contribution >= 0.6 is 11.8 Å². The highest BCUT2D eigenvalue weighted by molar-refractivity contribution is 7.99. The number of carboxylic acids is 1. The minimum atomic E-state index is -0.804. The monoisotopic (exact) mass is 312 g/mol. The van der Waals surface area contributed by atoms with Crippen LogP contribution in [0.4, 0.5) is 0 Å². The highest BCUT2D eigenvalue weighted by Gasteiger charge is 2.25. The minimum Gasteiger partial charge on any atom is -0.481 e. The summed E-state index contributed by atoms with van der Waals surface area (Å²) in [5.74, 6) is -0.106. The van der Waals surface area contributed by atoms with E-state index in [4.69, 9.17) is 5.11 Å². The Morgan fingerprint density at radius 3 is 2.52 bits per heavy atom. The molecule has 0 radical (unpaired) electrons. The molecule has 0 fully saturated rings. The Hall–Kier alpha value is -0.970. The van der Waals surface area contributed by atoms with E-state index in [2.05, 4.69) is 51.1 Å². The summed E-state index contributed by atoms with van der Waals surface area (Å²) in [6, 6.07) is 0.327. The molecule has 21 heavy (non-hydrogen) atoms. The predicted molar refractivity (Wildman–Crippen MR) is 88.1 cm³/mol. The third kappa shape index (κ3) is 5.06. The molecule has 0 aliphatic rings. The molecule has 1 rings (SSSR count). The van der Waals surface area contributed by atoms with Gasteiger partial charge in [-0.15, -0.1) is 0 Å². The number of hydrogen-bond donors (Lipinski definition) is 1. The summed E-state index contributed by atoms with van der Waals surface area (Å²) in [6.07, 6.45) is 4.13. The molecule has 0 saturated heterocycles. The van der Waals surface area contributed by atoms with Crippen molar-refractivity contribution in [2.45, 2.75) is 71.0 Å². The summed E-state index contributed by atoms with van der Waals surface area (Å²) < 4.78 is 2.24. The van der Waals surface area contributed by atoms with Gasteiger partial charge in [-0.05, 0) is 19.3 Å². The fourth-order valence-corrected chi connectivity index (χ4v) is 3.21. The van der Waals surface area contributed by atoms with Crippen LogP contribution in [0, 0.1) is 5.92 Å². The van der Waals surface area contributed by atoms with E-state index in [1.807, 2.05) is 6.20 Å². The topological polar surface area (TPSA) is 55.1 Å². The molecule has 1 aromatic rings. The van der Waals surface area contributed by atoms with E-state index < -0.39 is 5.97 Å². The average Bonchev–Trinajstić information content (AvgIpc) is 2.79. The smallest absolute Gasteiger partial charge is 0.313 e. The molecule has 0 saturated carbocycles. The maximum atomic E-state index is 10.8. The standard InChI is InChI=1S/C16H28N2O2S/c1-7-11(2)8-12(3)18-13(16(4,5)6)9-17-15(18)21-10-14(19)20/h9,11-12H,7-8,10H2,1-6H3,(H,19,20). The molecule has 120 valence electrons. The zero-order chi connectivity index (χ0) is 16.2. The van der Waals surface area contributed by atoms with Gasteiger partial charge in [0.2, 0.25) is 0 Å². The Morgan fingerprint density at radius 2 is 2.05 bits per heavy atom. The zero-order valence-corrected chi connectivity index (χ0v) is 14.8. The average molecular weight is 312 g/mol. The molecular weight excluding hydrogens is 284 g/mol. The van der Waals surface area contributed by atoms with Crippen LogP contribution in [0.3, 0.4) is 0 Å². The highest BCUT2D eigenvalue weighted by atomic mass is 32.2. The molecule has 1 aromatic heterocycles. The molecule has 0 aliphatic carbocycles. The summed E-state index contributed by atoms with van der Waals surface area (Å²) in [4.78, 5) is 15.3. The van der Waals surface area contributed by atoms with Gasteiger partial charge < -0.3 is 9.67 Å². The van der Waals surface area contributed by atoms with Crippen molar-refractivity contribution in [3.05, 3.63) is 11.9 Å². The Kier molecular flexibility index (Phi) is 6.32. The lowest BCUT2D eigenvalue weighted by Gasteiger charge is -2.27. The van der Waals surface area contributed by atoms with Crippen molar-refractivity contribution in [3.8, 4) is 0 Å². The maximum absolute atomic E-state index is 10.8. The largest absolute Gasteiger partial charge is 0.481 e. The summed E-state index contributed by atoms with van der Waals surface area (Å²) in [6.45, 7) is 13.2. The van der Waals surface area contributed by atoms with Crippen molar-refractivity contribution in [3.63, 3.8) is 0 Å². The van der Waals surface area contributed by atoms with Crippen LogP contribution in [-0.4, -0.2) is 26.4 Å². The predicted octanol–water partition coefficient (Wildman–Crippen LogP) is 4.35. The maximum Gasteiger partial charge on any atom is 0.313 e. The first kappa shape index (κ1) is 18.1. The number of aliphatic carboxylic acids is 1. The number of rotatable bonds is 7. The summed E-state index contributed by atoms with van der Waals surface area (Å²) >= 11 is 1.31. The van der Waals surface area contributed by atoms with Crippen molar-refractivity contribution in [2.24, 2.45) is 5.92 Å². The molecule has 0 aliphatic heterocycles. The number of nitrogens with zero attached hydrogens (tertiary/aromatic N) is 2. The van der Waals surface area contributed by atoms with Gasteiger partial charge in [-0.2, -0.15) is 0 Å². The van der Waals surface area contributed by atoms with Gasteiger partial charge >= 0.3 is 5.97 Å². The first-order valence-electron chi connectivity index (χ1n) is 7.59. The van der Waals surface area contributed by atoms with E-state index in [1.54, 1.807) is 0 Å². The van der Waals surface area contributed by atoms with Gasteiger partial charge in [0.25, 0.3) is 0 Å². The second kappa shape index (κ2) is 7.34. The molecule has 0 bridgehead atoms. The fourth-order valence-electron chi connectivity index (χ4n) is 2.41. The molecular formula is C16H28N2O2S. The SMILES string of the molecule is CCC(C)CC(C)n1c(C(C)(C)C)cnc1SCC(=O)O. The van der Waals surface area contributed by atoms with Crippen LogP contribution in [0.1, 0.15) is 66.1 Å². The zero-order valence-electron chi connectivity index (χ0n) is 14.0. The lowest BCUT2D eigenvalue weighted by Crippen LogP contribution is -2.21. The van der Waals surface area contributed by atoms with E-state index in [9.17, 15) is 4.79 Å². The third-order valence-corrected chi connectivity index (χ3v) is 4.69.